The third kappa shape index (κ3) is 2.41. The number of carbonyl (C=O) groups is 1. The molecule has 0 aliphatic rings. The van der Waals surface area contributed by atoms with Crippen molar-refractivity contribution in [3.05, 3.63) is 54.7 Å². The van der Waals surface area contributed by atoms with Gasteiger partial charge in [0.05, 0.1) is 22.7 Å². The number of imidazole rings is 1. The van der Waals surface area contributed by atoms with E-state index in [1.807, 2.05) is 18.2 Å². The molecule has 0 saturated heterocycles. The van der Waals surface area contributed by atoms with E-state index in [2.05, 4.69) is 35.1 Å². The lowest BCUT2D eigenvalue weighted by atomic mass is 10.1. The standard InChI is InChI=1S/C18H12N8O/c19-16(27)12-7-21-8-13-14(12)24-18(23-13)15-11-4-10(6-22-17(11)26-25-15)9-2-1-3-20-5-9/h1-8H,(H2,19,27)(H,23,24)(H,22,25,26). The molecule has 0 atom stereocenters. The molecule has 1 amide bonds. The van der Waals surface area contributed by atoms with Gasteiger partial charge >= 0.3 is 0 Å². The van der Waals surface area contributed by atoms with Gasteiger partial charge < -0.3 is 10.7 Å². The van der Waals surface area contributed by atoms with Crippen molar-refractivity contribution in [2.45, 2.75) is 0 Å². The number of aromatic amines is 2. The number of pyridine rings is 3. The fraction of sp³-hybridized carbons (Fsp3) is 0. The fourth-order valence-corrected chi connectivity index (χ4v) is 3.00. The SMILES string of the molecule is NC(=O)c1cncc2[nH]c(-c3[nH]nc4ncc(-c5cccnc5)cc34)nc12. The van der Waals surface area contributed by atoms with Crippen molar-refractivity contribution in [2.24, 2.45) is 5.73 Å². The summed E-state index contributed by atoms with van der Waals surface area (Å²) < 4.78 is 0. The first-order chi connectivity index (χ1) is 13.2. The van der Waals surface area contributed by atoms with E-state index in [0.717, 1.165) is 16.5 Å². The summed E-state index contributed by atoms with van der Waals surface area (Å²) in [5.74, 6) is -0.0608. The number of fused-ring (bicyclic) bond motifs is 2. The van der Waals surface area contributed by atoms with Gasteiger partial charge in [0, 0.05) is 35.9 Å². The van der Waals surface area contributed by atoms with E-state index >= 15 is 0 Å². The molecule has 0 fully saturated rings. The summed E-state index contributed by atoms with van der Waals surface area (Å²) in [5.41, 5.74) is 9.83. The first-order valence-corrected chi connectivity index (χ1v) is 8.09. The first kappa shape index (κ1) is 15.1. The van der Waals surface area contributed by atoms with Gasteiger partial charge in [-0.2, -0.15) is 5.10 Å². The largest absolute Gasteiger partial charge is 0.365 e. The summed E-state index contributed by atoms with van der Waals surface area (Å²) in [6, 6.07) is 5.80. The van der Waals surface area contributed by atoms with Crippen LogP contribution in [0.3, 0.4) is 0 Å². The smallest absolute Gasteiger partial charge is 0.252 e. The number of rotatable bonds is 3. The molecular weight excluding hydrogens is 344 g/mol. The molecule has 5 heterocycles. The molecule has 0 aromatic carbocycles. The summed E-state index contributed by atoms with van der Waals surface area (Å²) in [5, 5.41) is 7.99. The highest BCUT2D eigenvalue weighted by molar-refractivity contribution is 6.04. The Morgan fingerprint density at radius 2 is 2.00 bits per heavy atom. The maximum Gasteiger partial charge on any atom is 0.252 e. The number of nitrogens with one attached hydrogen (secondary N) is 2. The van der Waals surface area contributed by atoms with Crippen LogP contribution in [0.2, 0.25) is 0 Å². The molecule has 0 saturated carbocycles. The second-order valence-electron chi connectivity index (χ2n) is 5.97. The average Bonchev–Trinajstić information content (AvgIpc) is 3.31. The zero-order valence-electron chi connectivity index (χ0n) is 13.8. The van der Waals surface area contributed by atoms with Gasteiger partial charge in [0.2, 0.25) is 0 Å². The van der Waals surface area contributed by atoms with Crippen LogP contribution >= 0.6 is 0 Å². The maximum atomic E-state index is 11.6. The van der Waals surface area contributed by atoms with Crippen molar-refractivity contribution in [2.75, 3.05) is 0 Å². The van der Waals surface area contributed by atoms with Gasteiger partial charge in [-0.05, 0) is 12.1 Å². The van der Waals surface area contributed by atoms with Crippen molar-refractivity contribution >= 4 is 28.0 Å². The first-order valence-electron chi connectivity index (χ1n) is 8.09. The molecule has 4 N–H and O–H groups in total. The molecule has 9 heteroatoms. The zero-order chi connectivity index (χ0) is 18.4. The third-order valence-electron chi connectivity index (χ3n) is 4.30. The second kappa shape index (κ2) is 5.70. The molecule has 0 unspecified atom stereocenters. The van der Waals surface area contributed by atoms with Gasteiger partial charge in [0.1, 0.15) is 11.2 Å². The Balaban J connectivity index is 1.70. The quantitative estimate of drug-likeness (QED) is 0.452. The number of primary amides is 1. The number of hydrogen-bond acceptors (Lipinski definition) is 6. The number of amides is 1. The predicted octanol–water partition coefficient (Wildman–Crippen LogP) is 2.06. The number of nitrogens with zero attached hydrogens (tertiary/aromatic N) is 5. The van der Waals surface area contributed by atoms with E-state index in [1.165, 1.54) is 6.20 Å². The van der Waals surface area contributed by atoms with Crippen LogP contribution in [0.15, 0.2) is 49.2 Å². The summed E-state index contributed by atoms with van der Waals surface area (Å²) in [4.78, 5) is 31.9. The van der Waals surface area contributed by atoms with E-state index in [1.54, 1.807) is 24.8 Å². The van der Waals surface area contributed by atoms with E-state index < -0.39 is 5.91 Å². The van der Waals surface area contributed by atoms with Crippen LogP contribution in [0.25, 0.3) is 44.7 Å². The van der Waals surface area contributed by atoms with Crippen molar-refractivity contribution in [1.82, 2.24) is 35.1 Å². The molecule has 5 aromatic rings. The molecule has 0 radical (unpaired) electrons. The van der Waals surface area contributed by atoms with E-state index in [0.29, 0.717) is 28.2 Å². The molecule has 0 aliphatic carbocycles. The lowest BCUT2D eigenvalue weighted by Gasteiger charge is -2.00. The van der Waals surface area contributed by atoms with Crippen LogP contribution < -0.4 is 5.73 Å². The Labute approximate surface area is 151 Å². The second-order valence-corrected chi connectivity index (χ2v) is 5.97. The Morgan fingerprint density at radius 3 is 2.81 bits per heavy atom. The van der Waals surface area contributed by atoms with Crippen LogP contribution in [0, 0.1) is 0 Å². The van der Waals surface area contributed by atoms with Gasteiger partial charge in [-0.15, -0.1) is 0 Å². The summed E-state index contributed by atoms with van der Waals surface area (Å²) in [6.07, 6.45) is 8.24. The predicted molar refractivity (Wildman–Crippen MR) is 98.5 cm³/mol. The topological polar surface area (TPSA) is 139 Å². The molecule has 0 spiro atoms. The molecule has 0 aliphatic heterocycles. The number of carbonyl (C=O) groups excluding carboxylic acids is 1. The molecule has 0 bridgehead atoms. The van der Waals surface area contributed by atoms with Gasteiger partial charge in [0.25, 0.3) is 5.91 Å². The van der Waals surface area contributed by atoms with Crippen LogP contribution in [0.4, 0.5) is 0 Å². The van der Waals surface area contributed by atoms with Crippen LogP contribution in [0.1, 0.15) is 10.4 Å². The molecular formula is C18H12N8O. The van der Waals surface area contributed by atoms with Crippen molar-refractivity contribution < 1.29 is 4.79 Å². The van der Waals surface area contributed by atoms with Crippen LogP contribution in [-0.4, -0.2) is 41.0 Å². The Bertz CT molecular complexity index is 1310. The minimum absolute atomic E-state index is 0.257. The Hall–Kier alpha value is -4.14. The van der Waals surface area contributed by atoms with Crippen molar-refractivity contribution in [3.63, 3.8) is 0 Å². The normalized spacial score (nSPS) is 11.3. The molecule has 9 nitrogen and oxygen atoms in total. The molecule has 130 valence electrons. The lowest BCUT2D eigenvalue weighted by Crippen LogP contribution is -2.11. The Kier molecular flexibility index (Phi) is 3.20. The third-order valence-corrected chi connectivity index (χ3v) is 4.30. The minimum atomic E-state index is -0.582. The Morgan fingerprint density at radius 1 is 1.07 bits per heavy atom. The van der Waals surface area contributed by atoms with Crippen LogP contribution in [-0.2, 0) is 0 Å². The minimum Gasteiger partial charge on any atom is -0.365 e. The van der Waals surface area contributed by atoms with Crippen molar-refractivity contribution in [3.8, 4) is 22.6 Å². The number of hydrogen-bond donors (Lipinski definition) is 3. The molecule has 5 rings (SSSR count). The summed E-state index contributed by atoms with van der Waals surface area (Å²) in [6.45, 7) is 0. The van der Waals surface area contributed by atoms with Gasteiger partial charge in [-0.1, -0.05) is 6.07 Å². The highest BCUT2D eigenvalue weighted by Gasteiger charge is 2.17. The number of H-pyrrole nitrogens is 2. The monoisotopic (exact) mass is 356 g/mol. The van der Waals surface area contributed by atoms with E-state index in [9.17, 15) is 4.79 Å². The average molecular weight is 356 g/mol. The van der Waals surface area contributed by atoms with E-state index in [4.69, 9.17) is 5.73 Å². The van der Waals surface area contributed by atoms with Crippen LogP contribution in [0.5, 0.6) is 0 Å². The number of nitrogens with two attached hydrogens (primary N) is 1. The highest BCUT2D eigenvalue weighted by atomic mass is 16.1. The summed E-state index contributed by atoms with van der Waals surface area (Å²) >= 11 is 0. The van der Waals surface area contributed by atoms with Gasteiger partial charge in [-0.3, -0.25) is 19.9 Å². The van der Waals surface area contributed by atoms with E-state index in [-0.39, 0.29) is 5.56 Å². The summed E-state index contributed by atoms with van der Waals surface area (Å²) in [7, 11) is 0. The lowest BCUT2D eigenvalue weighted by molar-refractivity contribution is 0.100. The maximum absolute atomic E-state index is 11.6. The number of aromatic nitrogens is 7. The van der Waals surface area contributed by atoms with Gasteiger partial charge in [-0.25, -0.2) is 9.97 Å². The zero-order valence-corrected chi connectivity index (χ0v) is 13.8. The fourth-order valence-electron chi connectivity index (χ4n) is 3.00. The molecule has 27 heavy (non-hydrogen) atoms. The van der Waals surface area contributed by atoms with Crippen molar-refractivity contribution in [1.29, 1.82) is 0 Å². The highest BCUT2D eigenvalue weighted by Crippen LogP contribution is 2.29. The van der Waals surface area contributed by atoms with Gasteiger partial charge in [0.15, 0.2) is 11.5 Å². The molecule has 5 aromatic heterocycles.